The van der Waals surface area contributed by atoms with Crippen molar-refractivity contribution in [2.24, 2.45) is 0 Å². The molecule has 28 heavy (non-hydrogen) atoms. The number of anilines is 1. The van der Waals surface area contributed by atoms with Crippen LogP contribution in [0.15, 0.2) is 53.5 Å². The molecule has 0 bridgehead atoms. The van der Waals surface area contributed by atoms with Gasteiger partial charge in [-0.1, -0.05) is 26.0 Å². The molecule has 0 aliphatic carbocycles. The van der Waals surface area contributed by atoms with Gasteiger partial charge in [-0.05, 0) is 49.6 Å². The highest BCUT2D eigenvalue weighted by Gasteiger charge is 2.13. The van der Waals surface area contributed by atoms with Crippen LogP contribution in [0.5, 0.6) is 11.5 Å². The maximum Gasteiger partial charge on any atom is 0.259 e. The first-order valence-corrected chi connectivity index (χ1v) is 9.77. The first-order chi connectivity index (χ1) is 13.6. The van der Waals surface area contributed by atoms with Crippen LogP contribution in [-0.4, -0.2) is 22.6 Å². The second-order valence-corrected chi connectivity index (χ2v) is 6.68. The Hall–Kier alpha value is -3.02. The van der Waals surface area contributed by atoms with Crippen LogP contribution in [0.4, 0.5) is 5.82 Å². The molecule has 2 aromatic heterocycles. The summed E-state index contributed by atoms with van der Waals surface area (Å²) >= 11 is 0. The summed E-state index contributed by atoms with van der Waals surface area (Å²) < 4.78 is 13.2. The highest BCUT2D eigenvalue weighted by atomic mass is 16.5. The summed E-state index contributed by atoms with van der Waals surface area (Å²) in [6.07, 6.45) is 3.58. The molecule has 3 rings (SSSR count). The van der Waals surface area contributed by atoms with Crippen molar-refractivity contribution in [1.82, 2.24) is 9.38 Å². The number of rotatable bonds is 9. The second-order valence-electron chi connectivity index (χ2n) is 6.68. The Balaban J connectivity index is 1.83. The third-order valence-electron chi connectivity index (χ3n) is 4.33. The summed E-state index contributed by atoms with van der Waals surface area (Å²) in [5.74, 6) is 2.05. The lowest BCUT2D eigenvalue weighted by Gasteiger charge is -2.18. The Morgan fingerprint density at radius 2 is 1.79 bits per heavy atom. The van der Waals surface area contributed by atoms with Crippen LogP contribution in [0.2, 0.25) is 0 Å². The summed E-state index contributed by atoms with van der Waals surface area (Å²) in [6, 6.07) is 12.9. The number of pyridine rings is 1. The number of benzene rings is 1. The van der Waals surface area contributed by atoms with Crippen LogP contribution in [0.3, 0.4) is 0 Å². The fraction of sp³-hybridized carbons (Fsp3) is 0.364. The van der Waals surface area contributed by atoms with E-state index in [1.165, 1.54) is 10.5 Å². The number of hydrogen-bond acceptors (Lipinski definition) is 5. The molecule has 0 saturated carbocycles. The molecule has 0 saturated heterocycles. The van der Waals surface area contributed by atoms with Crippen molar-refractivity contribution in [2.75, 3.05) is 18.5 Å². The molecule has 6 nitrogen and oxygen atoms in total. The van der Waals surface area contributed by atoms with E-state index in [9.17, 15) is 4.79 Å². The zero-order valence-corrected chi connectivity index (χ0v) is 16.6. The van der Waals surface area contributed by atoms with E-state index in [2.05, 4.69) is 24.1 Å². The third-order valence-corrected chi connectivity index (χ3v) is 4.33. The van der Waals surface area contributed by atoms with E-state index in [4.69, 9.17) is 9.47 Å². The Morgan fingerprint density at radius 1 is 1.04 bits per heavy atom. The summed E-state index contributed by atoms with van der Waals surface area (Å²) in [5, 5.41) is 3.32. The van der Waals surface area contributed by atoms with Crippen LogP contribution in [0.25, 0.3) is 5.65 Å². The summed E-state index contributed by atoms with van der Waals surface area (Å²) in [4.78, 5) is 16.8. The Morgan fingerprint density at radius 3 is 2.54 bits per heavy atom. The van der Waals surface area contributed by atoms with Gasteiger partial charge in [0.2, 0.25) is 0 Å². The van der Waals surface area contributed by atoms with Crippen molar-refractivity contribution < 1.29 is 9.47 Å². The average molecular weight is 381 g/mol. The number of nitrogens with one attached hydrogen (secondary N) is 1. The molecule has 1 N–H and O–H groups in total. The van der Waals surface area contributed by atoms with E-state index < -0.39 is 0 Å². The van der Waals surface area contributed by atoms with Crippen molar-refractivity contribution in [1.29, 1.82) is 0 Å². The number of aromatic nitrogens is 2. The predicted molar refractivity (Wildman–Crippen MR) is 112 cm³/mol. The fourth-order valence-corrected chi connectivity index (χ4v) is 2.88. The van der Waals surface area contributed by atoms with E-state index in [0.717, 1.165) is 29.9 Å². The van der Waals surface area contributed by atoms with Gasteiger partial charge in [-0.25, -0.2) is 4.98 Å². The molecular weight excluding hydrogens is 354 g/mol. The van der Waals surface area contributed by atoms with Gasteiger partial charge in [-0.15, -0.1) is 0 Å². The van der Waals surface area contributed by atoms with Crippen LogP contribution in [0, 0.1) is 0 Å². The molecule has 1 aromatic carbocycles. The molecule has 0 aliphatic rings. The zero-order chi connectivity index (χ0) is 19.9. The lowest BCUT2D eigenvalue weighted by Crippen LogP contribution is -2.17. The highest BCUT2D eigenvalue weighted by Crippen LogP contribution is 2.31. The Kier molecular flexibility index (Phi) is 6.53. The predicted octanol–water partition coefficient (Wildman–Crippen LogP) is 4.45. The van der Waals surface area contributed by atoms with Gasteiger partial charge in [-0.3, -0.25) is 9.20 Å². The third kappa shape index (κ3) is 4.63. The molecule has 3 aromatic rings. The van der Waals surface area contributed by atoms with Crippen molar-refractivity contribution in [3.05, 3.63) is 64.6 Å². The normalized spacial score (nSPS) is 12.0. The van der Waals surface area contributed by atoms with Gasteiger partial charge in [0.1, 0.15) is 11.5 Å². The average Bonchev–Trinajstić information content (AvgIpc) is 2.71. The Bertz CT molecular complexity index is 984. The van der Waals surface area contributed by atoms with Gasteiger partial charge >= 0.3 is 0 Å². The van der Waals surface area contributed by atoms with Gasteiger partial charge < -0.3 is 14.8 Å². The maximum atomic E-state index is 12.3. The zero-order valence-electron chi connectivity index (χ0n) is 16.6. The van der Waals surface area contributed by atoms with Crippen LogP contribution in [0.1, 0.15) is 45.2 Å². The molecule has 148 valence electrons. The van der Waals surface area contributed by atoms with Gasteiger partial charge in [0.05, 0.1) is 19.3 Å². The molecule has 6 heteroatoms. The molecular formula is C22H27N3O3. The first kappa shape index (κ1) is 19.7. The van der Waals surface area contributed by atoms with E-state index in [-0.39, 0.29) is 11.6 Å². The second kappa shape index (κ2) is 9.26. The molecule has 0 amide bonds. The van der Waals surface area contributed by atoms with E-state index in [1.54, 1.807) is 6.20 Å². The SMILES string of the molecule is CCCOc1ccc(C(C)Nc2cc(=O)n3ccccc3n2)cc1OCCC. The van der Waals surface area contributed by atoms with Crippen LogP contribution < -0.4 is 20.3 Å². The summed E-state index contributed by atoms with van der Waals surface area (Å²) in [5.41, 5.74) is 1.53. The highest BCUT2D eigenvalue weighted by molar-refractivity contribution is 5.49. The van der Waals surface area contributed by atoms with Gasteiger partial charge in [0.25, 0.3) is 5.56 Å². The van der Waals surface area contributed by atoms with Crippen molar-refractivity contribution >= 4 is 11.5 Å². The van der Waals surface area contributed by atoms with Crippen molar-refractivity contribution in [2.45, 2.75) is 39.7 Å². The summed E-state index contributed by atoms with van der Waals surface area (Å²) in [6.45, 7) is 7.47. The van der Waals surface area contributed by atoms with Crippen LogP contribution in [-0.2, 0) is 0 Å². The molecule has 0 radical (unpaired) electrons. The number of fused-ring (bicyclic) bond motifs is 1. The molecule has 1 atom stereocenters. The molecule has 2 heterocycles. The quantitative estimate of drug-likeness (QED) is 0.593. The lowest BCUT2D eigenvalue weighted by molar-refractivity contribution is 0.268. The van der Waals surface area contributed by atoms with E-state index in [0.29, 0.717) is 24.7 Å². The molecule has 1 unspecified atom stereocenters. The number of hydrogen-bond donors (Lipinski definition) is 1. The van der Waals surface area contributed by atoms with E-state index >= 15 is 0 Å². The maximum absolute atomic E-state index is 12.3. The van der Waals surface area contributed by atoms with Gasteiger partial charge in [-0.2, -0.15) is 0 Å². The monoisotopic (exact) mass is 381 g/mol. The standard InChI is InChI=1S/C22H27N3O3/c1-4-12-27-18-10-9-17(14-19(18)28-13-5-2)16(3)23-20-15-22(26)25-11-7-6-8-21(25)24-20/h6-11,14-16,23H,4-5,12-13H2,1-3H3. The van der Waals surface area contributed by atoms with Crippen molar-refractivity contribution in [3.63, 3.8) is 0 Å². The summed E-state index contributed by atoms with van der Waals surface area (Å²) in [7, 11) is 0. The number of ether oxygens (including phenoxy) is 2. The topological polar surface area (TPSA) is 64.9 Å². The smallest absolute Gasteiger partial charge is 0.259 e. The molecule has 0 fully saturated rings. The van der Waals surface area contributed by atoms with Crippen LogP contribution >= 0.6 is 0 Å². The van der Waals surface area contributed by atoms with Crippen molar-refractivity contribution in [3.8, 4) is 11.5 Å². The molecule has 0 aliphatic heterocycles. The largest absolute Gasteiger partial charge is 0.490 e. The Labute approximate surface area is 165 Å². The minimum absolute atomic E-state index is 0.0535. The lowest BCUT2D eigenvalue weighted by atomic mass is 10.1. The minimum Gasteiger partial charge on any atom is -0.490 e. The van der Waals surface area contributed by atoms with Gasteiger partial charge in [0.15, 0.2) is 11.5 Å². The van der Waals surface area contributed by atoms with Gasteiger partial charge in [0, 0.05) is 12.3 Å². The number of nitrogens with zero attached hydrogens (tertiary/aromatic N) is 2. The first-order valence-electron chi connectivity index (χ1n) is 9.77. The molecule has 0 spiro atoms. The minimum atomic E-state index is -0.115. The fourth-order valence-electron chi connectivity index (χ4n) is 2.88. The van der Waals surface area contributed by atoms with E-state index in [1.807, 2.05) is 43.3 Å².